The molecule has 0 saturated carbocycles. The maximum absolute atomic E-state index is 11.7. The lowest BCUT2D eigenvalue weighted by Gasteiger charge is -2.17. The number of ether oxygens (including phenoxy) is 1. The van der Waals surface area contributed by atoms with Crippen LogP contribution in [0.4, 0.5) is 0 Å². The first-order valence-corrected chi connectivity index (χ1v) is 7.58. The third kappa shape index (κ3) is 9.05. The molecule has 0 radical (unpaired) electrons. The van der Waals surface area contributed by atoms with Crippen molar-refractivity contribution in [3.63, 3.8) is 0 Å². The van der Waals surface area contributed by atoms with E-state index in [2.05, 4.69) is 22.3 Å². The van der Waals surface area contributed by atoms with Gasteiger partial charge in [0.1, 0.15) is 6.04 Å². The van der Waals surface area contributed by atoms with Crippen LogP contribution in [0.15, 0.2) is 0 Å². The molecule has 0 unspecified atom stereocenters. The monoisotopic (exact) mass is 300 g/mol. The zero-order valence-electron chi connectivity index (χ0n) is 13.5. The number of carbonyl (C=O) groups is 3. The lowest BCUT2D eigenvalue weighted by atomic mass is 10.0. The summed E-state index contributed by atoms with van der Waals surface area (Å²) in [4.78, 5) is 34.9. The molecule has 0 aliphatic heterocycles. The maximum atomic E-state index is 11.7. The van der Waals surface area contributed by atoms with Gasteiger partial charge in [-0.25, -0.2) is 4.79 Å². The van der Waals surface area contributed by atoms with Crippen LogP contribution in [0, 0.1) is 5.92 Å². The van der Waals surface area contributed by atoms with E-state index in [0.717, 1.165) is 25.7 Å². The Hall–Kier alpha value is -1.59. The highest BCUT2D eigenvalue weighted by molar-refractivity contribution is 6.35. The molecule has 6 heteroatoms. The van der Waals surface area contributed by atoms with Crippen molar-refractivity contribution in [2.24, 2.45) is 5.92 Å². The Bertz CT molecular complexity index is 343. The number of unbranched alkanes of at least 4 members (excludes halogenated alkanes) is 3. The Morgan fingerprint density at radius 3 is 2.24 bits per heavy atom. The van der Waals surface area contributed by atoms with Gasteiger partial charge in [0.15, 0.2) is 0 Å². The molecule has 0 bridgehead atoms. The summed E-state index contributed by atoms with van der Waals surface area (Å²) >= 11 is 0. The molecule has 2 N–H and O–H groups in total. The Kier molecular flexibility index (Phi) is 10.3. The fraction of sp³-hybridized carbons (Fsp3) is 0.800. The molecule has 0 aliphatic carbocycles. The van der Waals surface area contributed by atoms with E-state index in [-0.39, 0.29) is 5.92 Å². The summed E-state index contributed by atoms with van der Waals surface area (Å²) in [5.74, 6) is -1.83. The standard InChI is InChI=1S/C15H28N2O4/c1-5-6-7-8-9-16-13(18)14(19)17-12(10-11(2)3)15(20)21-4/h11-12H,5-10H2,1-4H3,(H,16,18)(H,17,19)/t12-/m1/s1. The van der Waals surface area contributed by atoms with Crippen molar-refractivity contribution in [1.82, 2.24) is 10.6 Å². The van der Waals surface area contributed by atoms with Crippen LogP contribution in [0.5, 0.6) is 0 Å². The minimum Gasteiger partial charge on any atom is -0.467 e. The van der Waals surface area contributed by atoms with Crippen molar-refractivity contribution >= 4 is 17.8 Å². The first-order chi connectivity index (χ1) is 9.92. The molecule has 1 atom stereocenters. The molecule has 0 aromatic rings. The number of methoxy groups -OCH3 is 1. The smallest absolute Gasteiger partial charge is 0.328 e. The van der Waals surface area contributed by atoms with Crippen LogP contribution in [0.3, 0.4) is 0 Å². The molecule has 0 heterocycles. The number of esters is 1. The van der Waals surface area contributed by atoms with Gasteiger partial charge in [-0.2, -0.15) is 0 Å². The highest BCUT2D eigenvalue weighted by atomic mass is 16.5. The van der Waals surface area contributed by atoms with Crippen molar-refractivity contribution in [3.05, 3.63) is 0 Å². The molecular formula is C15H28N2O4. The lowest BCUT2D eigenvalue weighted by molar-refractivity contribution is -0.147. The number of nitrogens with one attached hydrogen (secondary N) is 2. The summed E-state index contributed by atoms with van der Waals surface area (Å²) in [7, 11) is 1.26. The second-order valence-corrected chi connectivity index (χ2v) is 5.50. The van der Waals surface area contributed by atoms with Gasteiger partial charge in [-0.1, -0.05) is 40.0 Å². The largest absolute Gasteiger partial charge is 0.467 e. The summed E-state index contributed by atoms with van der Waals surface area (Å²) in [6, 6.07) is -0.784. The Morgan fingerprint density at radius 2 is 1.71 bits per heavy atom. The fourth-order valence-electron chi connectivity index (χ4n) is 1.89. The average molecular weight is 300 g/mol. The quantitative estimate of drug-likeness (QED) is 0.383. The van der Waals surface area contributed by atoms with Crippen LogP contribution in [0.25, 0.3) is 0 Å². The van der Waals surface area contributed by atoms with E-state index in [9.17, 15) is 14.4 Å². The Labute approximate surface area is 127 Å². The van der Waals surface area contributed by atoms with Crippen molar-refractivity contribution in [2.45, 2.75) is 58.9 Å². The molecule has 122 valence electrons. The van der Waals surface area contributed by atoms with Gasteiger partial charge in [0.25, 0.3) is 0 Å². The number of hydrogen-bond donors (Lipinski definition) is 2. The normalized spacial score (nSPS) is 11.9. The van der Waals surface area contributed by atoms with Gasteiger partial charge in [-0.3, -0.25) is 9.59 Å². The van der Waals surface area contributed by atoms with Crippen molar-refractivity contribution < 1.29 is 19.1 Å². The third-order valence-corrected chi connectivity index (χ3v) is 3.02. The van der Waals surface area contributed by atoms with Crippen LogP contribution in [-0.4, -0.2) is 37.5 Å². The van der Waals surface area contributed by atoms with Gasteiger partial charge < -0.3 is 15.4 Å². The van der Waals surface area contributed by atoms with E-state index in [4.69, 9.17) is 0 Å². The first-order valence-electron chi connectivity index (χ1n) is 7.58. The molecule has 0 aromatic carbocycles. The van der Waals surface area contributed by atoms with Crippen LogP contribution >= 0.6 is 0 Å². The third-order valence-electron chi connectivity index (χ3n) is 3.02. The molecule has 0 aromatic heterocycles. The SMILES string of the molecule is CCCCCCNC(=O)C(=O)N[C@H](CC(C)C)C(=O)OC. The Morgan fingerprint density at radius 1 is 1.05 bits per heavy atom. The van der Waals surface area contributed by atoms with E-state index in [1.165, 1.54) is 7.11 Å². The second kappa shape index (κ2) is 11.1. The number of amides is 2. The molecular weight excluding hydrogens is 272 g/mol. The molecule has 0 saturated heterocycles. The van der Waals surface area contributed by atoms with Gasteiger partial charge in [0.2, 0.25) is 0 Å². The van der Waals surface area contributed by atoms with Gasteiger partial charge in [0, 0.05) is 6.54 Å². The topological polar surface area (TPSA) is 84.5 Å². The summed E-state index contributed by atoms with van der Waals surface area (Å²) in [5.41, 5.74) is 0. The van der Waals surface area contributed by atoms with E-state index in [1.807, 2.05) is 13.8 Å². The highest BCUT2D eigenvalue weighted by Crippen LogP contribution is 2.06. The van der Waals surface area contributed by atoms with Crippen molar-refractivity contribution in [1.29, 1.82) is 0 Å². The number of carbonyl (C=O) groups excluding carboxylic acids is 3. The van der Waals surface area contributed by atoms with Crippen LogP contribution < -0.4 is 10.6 Å². The van der Waals surface area contributed by atoms with E-state index >= 15 is 0 Å². The summed E-state index contributed by atoms with van der Waals surface area (Å²) in [6.07, 6.45) is 4.53. The maximum Gasteiger partial charge on any atom is 0.328 e. The first kappa shape index (κ1) is 19.4. The average Bonchev–Trinajstić information content (AvgIpc) is 2.44. The molecule has 2 amide bonds. The molecule has 0 rings (SSSR count). The minimum atomic E-state index is -0.790. The highest BCUT2D eigenvalue weighted by Gasteiger charge is 2.25. The second-order valence-electron chi connectivity index (χ2n) is 5.50. The van der Waals surface area contributed by atoms with Gasteiger partial charge >= 0.3 is 17.8 Å². The van der Waals surface area contributed by atoms with Crippen LogP contribution in [0.2, 0.25) is 0 Å². The molecule has 6 nitrogen and oxygen atoms in total. The molecule has 0 aliphatic rings. The molecule has 21 heavy (non-hydrogen) atoms. The predicted octanol–water partition coefficient (Wildman–Crippen LogP) is 1.39. The minimum absolute atomic E-state index is 0.200. The number of hydrogen-bond acceptors (Lipinski definition) is 4. The predicted molar refractivity (Wildman–Crippen MR) is 80.6 cm³/mol. The van der Waals surface area contributed by atoms with E-state index in [1.54, 1.807) is 0 Å². The van der Waals surface area contributed by atoms with E-state index < -0.39 is 23.8 Å². The van der Waals surface area contributed by atoms with Crippen LogP contribution in [0.1, 0.15) is 52.9 Å². The Balaban J connectivity index is 4.21. The molecule has 0 spiro atoms. The van der Waals surface area contributed by atoms with Gasteiger partial charge in [-0.05, 0) is 18.8 Å². The zero-order chi connectivity index (χ0) is 16.3. The number of rotatable bonds is 9. The summed E-state index contributed by atoms with van der Waals surface area (Å²) in [6.45, 7) is 6.43. The fourth-order valence-corrected chi connectivity index (χ4v) is 1.89. The molecule has 0 fully saturated rings. The zero-order valence-corrected chi connectivity index (χ0v) is 13.5. The lowest BCUT2D eigenvalue weighted by Crippen LogP contribution is -2.48. The summed E-state index contributed by atoms with van der Waals surface area (Å²) in [5, 5.41) is 4.98. The summed E-state index contributed by atoms with van der Waals surface area (Å²) < 4.78 is 4.63. The van der Waals surface area contributed by atoms with Crippen molar-refractivity contribution in [2.75, 3.05) is 13.7 Å². The van der Waals surface area contributed by atoms with Crippen LogP contribution in [-0.2, 0) is 19.1 Å². The van der Waals surface area contributed by atoms with E-state index in [0.29, 0.717) is 13.0 Å². The van der Waals surface area contributed by atoms with Gasteiger partial charge in [0.05, 0.1) is 7.11 Å². The van der Waals surface area contributed by atoms with Gasteiger partial charge in [-0.15, -0.1) is 0 Å². The van der Waals surface area contributed by atoms with Crippen molar-refractivity contribution in [3.8, 4) is 0 Å².